The molecule has 12 heavy (non-hydrogen) atoms. The summed E-state index contributed by atoms with van der Waals surface area (Å²) in [5.41, 5.74) is 0. The molecule has 1 unspecified atom stereocenters. The Kier molecular flexibility index (Phi) is 3.63. The van der Waals surface area contributed by atoms with E-state index in [0.717, 1.165) is 6.92 Å². The fraction of sp³-hybridized carbons (Fsp3) is 1.00. The van der Waals surface area contributed by atoms with Crippen molar-refractivity contribution >= 4 is 20.2 Å². The summed E-state index contributed by atoms with van der Waals surface area (Å²) in [6, 6.07) is 0. The van der Waals surface area contributed by atoms with Crippen molar-refractivity contribution in [3.05, 3.63) is 0 Å². The SMILES string of the molecule is CC(CCS(=O)(=O)O)S(=O)(=O)O. The molecular formula is C4H10O6S2. The largest absolute Gasteiger partial charge is 0.286 e. The average Bonchev–Trinajstić information content (AvgIpc) is 1.78. The summed E-state index contributed by atoms with van der Waals surface area (Å²) in [5.74, 6) is -0.673. The average molecular weight is 218 g/mol. The maximum absolute atomic E-state index is 10.3. The van der Waals surface area contributed by atoms with Crippen LogP contribution in [0.25, 0.3) is 0 Å². The number of hydrogen-bond acceptors (Lipinski definition) is 4. The first kappa shape index (κ1) is 11.8. The molecule has 0 aliphatic rings. The second-order valence-corrected chi connectivity index (χ2v) is 5.81. The highest BCUT2D eigenvalue weighted by Gasteiger charge is 2.19. The second-order valence-electron chi connectivity index (χ2n) is 2.40. The zero-order valence-corrected chi connectivity index (χ0v) is 7.97. The van der Waals surface area contributed by atoms with E-state index in [1.165, 1.54) is 0 Å². The molecule has 2 N–H and O–H groups in total. The maximum atomic E-state index is 10.3. The van der Waals surface area contributed by atoms with Crippen LogP contribution in [0.1, 0.15) is 13.3 Å². The van der Waals surface area contributed by atoms with E-state index in [0.29, 0.717) is 0 Å². The van der Waals surface area contributed by atoms with Crippen molar-refractivity contribution in [2.24, 2.45) is 0 Å². The van der Waals surface area contributed by atoms with Crippen LogP contribution >= 0.6 is 0 Å². The minimum Gasteiger partial charge on any atom is -0.286 e. The third-order valence-electron chi connectivity index (χ3n) is 1.29. The second kappa shape index (κ2) is 3.69. The monoisotopic (exact) mass is 218 g/mol. The Morgan fingerprint density at radius 2 is 1.58 bits per heavy atom. The van der Waals surface area contributed by atoms with Crippen LogP contribution in [-0.4, -0.2) is 36.9 Å². The smallest absolute Gasteiger partial charge is 0.267 e. The van der Waals surface area contributed by atoms with Gasteiger partial charge in [-0.2, -0.15) is 16.8 Å². The predicted octanol–water partition coefficient (Wildman–Crippen LogP) is -0.459. The van der Waals surface area contributed by atoms with Gasteiger partial charge in [-0.1, -0.05) is 0 Å². The van der Waals surface area contributed by atoms with Crippen LogP contribution in [0.15, 0.2) is 0 Å². The molecule has 0 rings (SSSR count). The molecule has 0 aliphatic heterocycles. The van der Waals surface area contributed by atoms with E-state index >= 15 is 0 Å². The standard InChI is InChI=1S/C4H10O6S2/c1-4(12(8,9)10)2-3-11(5,6)7/h4H,2-3H2,1H3,(H,5,6,7)(H,8,9,10). The van der Waals surface area contributed by atoms with Crippen molar-refractivity contribution in [3.63, 3.8) is 0 Å². The Bertz CT molecular complexity index is 325. The minimum absolute atomic E-state index is 0.322. The van der Waals surface area contributed by atoms with Crippen molar-refractivity contribution in [3.8, 4) is 0 Å². The number of hydrogen-bond donors (Lipinski definition) is 2. The van der Waals surface area contributed by atoms with Gasteiger partial charge in [-0.3, -0.25) is 9.11 Å². The van der Waals surface area contributed by atoms with E-state index < -0.39 is 31.2 Å². The molecule has 0 aromatic carbocycles. The van der Waals surface area contributed by atoms with E-state index in [-0.39, 0.29) is 6.42 Å². The van der Waals surface area contributed by atoms with E-state index in [4.69, 9.17) is 9.11 Å². The Morgan fingerprint density at radius 3 is 1.83 bits per heavy atom. The Morgan fingerprint density at radius 1 is 1.17 bits per heavy atom. The molecular weight excluding hydrogens is 208 g/mol. The lowest BCUT2D eigenvalue weighted by molar-refractivity contribution is 0.464. The molecule has 0 heterocycles. The van der Waals surface area contributed by atoms with Gasteiger partial charge < -0.3 is 0 Å². The van der Waals surface area contributed by atoms with Gasteiger partial charge in [0.1, 0.15) is 0 Å². The molecule has 0 saturated carbocycles. The Balaban J connectivity index is 4.16. The Labute approximate surface area is 71.1 Å². The van der Waals surface area contributed by atoms with Crippen molar-refractivity contribution in [1.29, 1.82) is 0 Å². The van der Waals surface area contributed by atoms with Gasteiger partial charge in [0.25, 0.3) is 20.2 Å². The summed E-state index contributed by atoms with van der Waals surface area (Å²) >= 11 is 0. The van der Waals surface area contributed by atoms with Gasteiger partial charge in [-0.25, -0.2) is 0 Å². The molecule has 0 amide bonds. The first-order chi connectivity index (χ1) is 5.13. The normalized spacial score (nSPS) is 15.9. The van der Waals surface area contributed by atoms with E-state index in [1.807, 2.05) is 0 Å². The topological polar surface area (TPSA) is 109 Å². The summed E-state index contributed by atoms with van der Waals surface area (Å²) in [6.45, 7) is 1.15. The molecule has 0 radical (unpaired) electrons. The van der Waals surface area contributed by atoms with Gasteiger partial charge in [-0.05, 0) is 13.3 Å². The van der Waals surface area contributed by atoms with E-state index in [2.05, 4.69) is 0 Å². The van der Waals surface area contributed by atoms with Gasteiger partial charge in [0.15, 0.2) is 0 Å². The molecule has 6 nitrogen and oxygen atoms in total. The third-order valence-corrected chi connectivity index (χ3v) is 3.30. The third kappa shape index (κ3) is 5.47. The first-order valence-electron chi connectivity index (χ1n) is 3.04. The van der Waals surface area contributed by atoms with Crippen LogP contribution in [0.2, 0.25) is 0 Å². The number of rotatable bonds is 4. The lowest BCUT2D eigenvalue weighted by atomic mass is 10.4. The van der Waals surface area contributed by atoms with Crippen LogP contribution in [0.3, 0.4) is 0 Å². The molecule has 0 spiro atoms. The van der Waals surface area contributed by atoms with Gasteiger partial charge in [0.2, 0.25) is 0 Å². The molecule has 0 aliphatic carbocycles. The van der Waals surface area contributed by atoms with Crippen LogP contribution in [-0.2, 0) is 20.2 Å². The lowest BCUT2D eigenvalue weighted by Crippen LogP contribution is -2.20. The summed E-state index contributed by atoms with van der Waals surface area (Å²) in [5, 5.41) is -1.18. The van der Waals surface area contributed by atoms with Crippen LogP contribution in [0.4, 0.5) is 0 Å². The van der Waals surface area contributed by atoms with Gasteiger partial charge in [0, 0.05) is 0 Å². The predicted molar refractivity (Wildman–Crippen MR) is 42.0 cm³/mol. The molecule has 0 bridgehead atoms. The first-order valence-corrected chi connectivity index (χ1v) is 6.15. The molecule has 1 atom stereocenters. The zero-order chi connectivity index (χ0) is 9.99. The van der Waals surface area contributed by atoms with Crippen molar-refractivity contribution in [1.82, 2.24) is 0 Å². The van der Waals surface area contributed by atoms with Crippen molar-refractivity contribution in [2.45, 2.75) is 18.6 Å². The van der Waals surface area contributed by atoms with Crippen molar-refractivity contribution in [2.75, 3.05) is 5.75 Å². The van der Waals surface area contributed by atoms with E-state index in [1.54, 1.807) is 0 Å². The molecule has 8 heteroatoms. The summed E-state index contributed by atoms with van der Waals surface area (Å²) in [7, 11) is -8.36. The fourth-order valence-corrected chi connectivity index (χ4v) is 1.68. The summed E-state index contributed by atoms with van der Waals surface area (Å²) < 4.78 is 57.5. The highest BCUT2D eigenvalue weighted by molar-refractivity contribution is 7.87. The minimum atomic E-state index is -4.20. The Hall–Kier alpha value is -0.180. The molecule has 0 aromatic rings. The summed E-state index contributed by atoms with van der Waals surface area (Å²) in [4.78, 5) is 0. The van der Waals surface area contributed by atoms with E-state index in [9.17, 15) is 16.8 Å². The van der Waals surface area contributed by atoms with Crippen LogP contribution < -0.4 is 0 Å². The molecule has 0 saturated heterocycles. The lowest BCUT2D eigenvalue weighted by Gasteiger charge is -2.04. The fourth-order valence-electron chi connectivity index (χ4n) is 0.464. The maximum Gasteiger partial charge on any atom is 0.267 e. The quantitative estimate of drug-likeness (QED) is 0.618. The van der Waals surface area contributed by atoms with Crippen LogP contribution in [0.5, 0.6) is 0 Å². The highest BCUT2D eigenvalue weighted by Crippen LogP contribution is 2.04. The molecule has 0 aromatic heterocycles. The van der Waals surface area contributed by atoms with Crippen LogP contribution in [0, 0.1) is 0 Å². The molecule has 74 valence electrons. The summed E-state index contributed by atoms with van der Waals surface area (Å²) in [6.07, 6.45) is -0.322. The zero-order valence-electron chi connectivity index (χ0n) is 6.34. The van der Waals surface area contributed by atoms with Gasteiger partial charge in [-0.15, -0.1) is 0 Å². The van der Waals surface area contributed by atoms with Gasteiger partial charge >= 0.3 is 0 Å². The van der Waals surface area contributed by atoms with Gasteiger partial charge in [0.05, 0.1) is 11.0 Å². The van der Waals surface area contributed by atoms with Crippen molar-refractivity contribution < 1.29 is 25.9 Å². The molecule has 0 fully saturated rings. The highest BCUT2D eigenvalue weighted by atomic mass is 32.2.